The predicted octanol–water partition coefficient (Wildman–Crippen LogP) is 3.98. The molecule has 1 aromatic rings. The van der Waals surface area contributed by atoms with Crippen molar-refractivity contribution in [2.45, 2.75) is 57.9 Å². The molecule has 0 aliphatic carbocycles. The lowest BCUT2D eigenvalue weighted by atomic mass is 10.1. The van der Waals surface area contributed by atoms with Crippen LogP contribution >= 0.6 is 0 Å². The van der Waals surface area contributed by atoms with Crippen LogP contribution in [-0.4, -0.2) is 12.6 Å². The number of carbonyl (C=O) groups is 1. The van der Waals surface area contributed by atoms with Crippen LogP contribution in [0.15, 0.2) is 30.3 Å². The summed E-state index contributed by atoms with van der Waals surface area (Å²) in [4.78, 5) is 11.8. The van der Waals surface area contributed by atoms with Crippen LogP contribution in [0.5, 0.6) is 0 Å². The monoisotopic (exact) mass is 277 g/mol. The van der Waals surface area contributed by atoms with E-state index in [9.17, 15) is 4.79 Å². The maximum absolute atomic E-state index is 11.8. The standard InChI is InChI=1S/C17H27NO2/c1-2-3-4-5-6-7-11-14-20-17(19)16(18)15-12-9-8-10-13-15/h8-10,12-13,16H,2-7,11,14,18H2,1H3. The topological polar surface area (TPSA) is 52.3 Å². The van der Waals surface area contributed by atoms with E-state index >= 15 is 0 Å². The van der Waals surface area contributed by atoms with Crippen LogP contribution in [0.25, 0.3) is 0 Å². The van der Waals surface area contributed by atoms with Crippen molar-refractivity contribution in [3.63, 3.8) is 0 Å². The van der Waals surface area contributed by atoms with Crippen molar-refractivity contribution in [1.29, 1.82) is 0 Å². The molecule has 20 heavy (non-hydrogen) atoms. The molecule has 0 heterocycles. The van der Waals surface area contributed by atoms with Gasteiger partial charge in [0.25, 0.3) is 0 Å². The quantitative estimate of drug-likeness (QED) is 0.520. The first-order valence-corrected chi connectivity index (χ1v) is 7.73. The maximum atomic E-state index is 11.8. The minimum Gasteiger partial charge on any atom is -0.464 e. The molecule has 0 fully saturated rings. The largest absolute Gasteiger partial charge is 0.464 e. The molecule has 1 atom stereocenters. The normalized spacial score (nSPS) is 12.1. The number of rotatable bonds is 10. The van der Waals surface area contributed by atoms with Gasteiger partial charge in [0.05, 0.1) is 6.61 Å². The van der Waals surface area contributed by atoms with Crippen LogP contribution in [0, 0.1) is 0 Å². The molecule has 0 saturated carbocycles. The van der Waals surface area contributed by atoms with E-state index in [0.29, 0.717) is 6.61 Å². The lowest BCUT2D eigenvalue weighted by Gasteiger charge is -2.11. The van der Waals surface area contributed by atoms with Crippen molar-refractivity contribution < 1.29 is 9.53 Å². The number of unbranched alkanes of at least 4 members (excludes halogenated alkanes) is 6. The number of hydrogen-bond donors (Lipinski definition) is 1. The van der Waals surface area contributed by atoms with Gasteiger partial charge in [0, 0.05) is 0 Å². The van der Waals surface area contributed by atoms with Crippen LogP contribution in [0.4, 0.5) is 0 Å². The van der Waals surface area contributed by atoms with Gasteiger partial charge in [-0.3, -0.25) is 0 Å². The average Bonchev–Trinajstić information content (AvgIpc) is 2.50. The molecular formula is C17H27NO2. The van der Waals surface area contributed by atoms with Gasteiger partial charge in [0.1, 0.15) is 6.04 Å². The Balaban J connectivity index is 2.08. The lowest BCUT2D eigenvalue weighted by Crippen LogP contribution is -2.24. The SMILES string of the molecule is CCCCCCCCCOC(=O)C(N)c1ccccc1. The van der Waals surface area contributed by atoms with Crippen LogP contribution in [0.3, 0.4) is 0 Å². The van der Waals surface area contributed by atoms with Gasteiger partial charge in [-0.2, -0.15) is 0 Å². The van der Waals surface area contributed by atoms with E-state index in [1.165, 1.54) is 32.1 Å². The Labute approximate surface area is 122 Å². The predicted molar refractivity (Wildman–Crippen MR) is 82.3 cm³/mol. The lowest BCUT2D eigenvalue weighted by molar-refractivity contribution is -0.145. The van der Waals surface area contributed by atoms with E-state index in [2.05, 4.69) is 6.92 Å². The van der Waals surface area contributed by atoms with Crippen LogP contribution < -0.4 is 5.73 Å². The molecule has 3 nitrogen and oxygen atoms in total. The molecule has 0 aliphatic rings. The molecule has 2 N–H and O–H groups in total. The van der Waals surface area contributed by atoms with E-state index in [1.807, 2.05) is 30.3 Å². The Bertz CT molecular complexity index is 365. The van der Waals surface area contributed by atoms with Crippen LogP contribution in [-0.2, 0) is 9.53 Å². The van der Waals surface area contributed by atoms with Gasteiger partial charge in [-0.15, -0.1) is 0 Å². The summed E-state index contributed by atoms with van der Waals surface area (Å²) in [5, 5.41) is 0. The van der Waals surface area contributed by atoms with Crippen molar-refractivity contribution >= 4 is 5.97 Å². The second-order valence-corrected chi connectivity index (χ2v) is 5.18. The molecule has 0 saturated heterocycles. The molecule has 112 valence electrons. The van der Waals surface area contributed by atoms with Crippen LogP contribution in [0.1, 0.15) is 63.5 Å². The molecule has 0 aromatic heterocycles. The van der Waals surface area contributed by atoms with Gasteiger partial charge in [0.2, 0.25) is 0 Å². The second-order valence-electron chi connectivity index (χ2n) is 5.18. The molecule has 0 amide bonds. The van der Waals surface area contributed by atoms with Crippen molar-refractivity contribution in [3.05, 3.63) is 35.9 Å². The number of benzene rings is 1. The summed E-state index contributed by atoms with van der Waals surface area (Å²) in [6.45, 7) is 2.70. The molecule has 0 aliphatic heterocycles. The Hall–Kier alpha value is -1.35. The fourth-order valence-electron chi connectivity index (χ4n) is 2.12. The summed E-state index contributed by atoms with van der Waals surface area (Å²) in [5.41, 5.74) is 6.66. The zero-order valence-corrected chi connectivity index (χ0v) is 12.5. The summed E-state index contributed by atoms with van der Waals surface area (Å²) < 4.78 is 5.22. The Morgan fingerprint density at radius 3 is 2.30 bits per heavy atom. The maximum Gasteiger partial charge on any atom is 0.327 e. The molecular weight excluding hydrogens is 250 g/mol. The van der Waals surface area contributed by atoms with E-state index in [1.54, 1.807) is 0 Å². The zero-order valence-electron chi connectivity index (χ0n) is 12.5. The van der Waals surface area contributed by atoms with Gasteiger partial charge in [0.15, 0.2) is 0 Å². The minimum atomic E-state index is -0.666. The number of nitrogens with two attached hydrogens (primary N) is 1. The van der Waals surface area contributed by atoms with Crippen LogP contribution in [0.2, 0.25) is 0 Å². The third-order valence-electron chi connectivity index (χ3n) is 3.40. The van der Waals surface area contributed by atoms with Gasteiger partial charge < -0.3 is 10.5 Å². The first-order valence-electron chi connectivity index (χ1n) is 7.73. The summed E-state index contributed by atoms with van der Waals surface area (Å²) >= 11 is 0. The van der Waals surface area contributed by atoms with Crippen molar-refractivity contribution in [3.8, 4) is 0 Å². The summed E-state index contributed by atoms with van der Waals surface area (Å²) in [5.74, 6) is -0.331. The zero-order chi connectivity index (χ0) is 14.6. The first-order chi connectivity index (χ1) is 9.75. The third-order valence-corrected chi connectivity index (χ3v) is 3.40. The van der Waals surface area contributed by atoms with Gasteiger partial charge >= 0.3 is 5.97 Å². The highest BCUT2D eigenvalue weighted by Gasteiger charge is 2.16. The second kappa shape index (κ2) is 10.4. The smallest absolute Gasteiger partial charge is 0.327 e. The van der Waals surface area contributed by atoms with Crippen molar-refractivity contribution in [2.75, 3.05) is 6.61 Å². The third kappa shape index (κ3) is 6.71. The highest BCUT2D eigenvalue weighted by molar-refractivity contribution is 5.77. The summed E-state index contributed by atoms with van der Waals surface area (Å²) in [6.07, 6.45) is 8.47. The van der Waals surface area contributed by atoms with Crippen molar-refractivity contribution in [1.82, 2.24) is 0 Å². The molecule has 0 spiro atoms. The molecule has 1 aromatic carbocycles. The molecule has 0 bridgehead atoms. The number of hydrogen-bond acceptors (Lipinski definition) is 3. The molecule has 3 heteroatoms. The number of esters is 1. The average molecular weight is 277 g/mol. The molecule has 0 radical (unpaired) electrons. The highest BCUT2D eigenvalue weighted by atomic mass is 16.5. The Morgan fingerprint density at radius 1 is 1.05 bits per heavy atom. The van der Waals surface area contributed by atoms with E-state index in [0.717, 1.165) is 18.4 Å². The van der Waals surface area contributed by atoms with Gasteiger partial charge in [-0.25, -0.2) is 4.79 Å². The summed E-state index contributed by atoms with van der Waals surface area (Å²) in [7, 11) is 0. The summed E-state index contributed by atoms with van der Waals surface area (Å²) in [6, 6.07) is 8.68. The van der Waals surface area contributed by atoms with Gasteiger partial charge in [-0.05, 0) is 12.0 Å². The van der Waals surface area contributed by atoms with E-state index in [-0.39, 0.29) is 5.97 Å². The first kappa shape index (κ1) is 16.7. The molecule has 1 unspecified atom stereocenters. The number of ether oxygens (including phenoxy) is 1. The number of carbonyl (C=O) groups excluding carboxylic acids is 1. The Morgan fingerprint density at radius 2 is 1.65 bits per heavy atom. The van der Waals surface area contributed by atoms with E-state index < -0.39 is 6.04 Å². The fraction of sp³-hybridized carbons (Fsp3) is 0.588. The van der Waals surface area contributed by atoms with E-state index in [4.69, 9.17) is 10.5 Å². The van der Waals surface area contributed by atoms with Gasteiger partial charge in [-0.1, -0.05) is 75.8 Å². The van der Waals surface area contributed by atoms with Crippen molar-refractivity contribution in [2.24, 2.45) is 5.73 Å². The minimum absolute atomic E-state index is 0.331. The fourth-order valence-corrected chi connectivity index (χ4v) is 2.12. The molecule has 1 rings (SSSR count). The Kier molecular flexibility index (Phi) is 8.72. The highest BCUT2D eigenvalue weighted by Crippen LogP contribution is 2.12.